The maximum atomic E-state index is 12.2. The minimum atomic E-state index is -0.700. The molecule has 3 rings (SSSR count). The van der Waals surface area contributed by atoms with Crippen molar-refractivity contribution in [3.05, 3.63) is 11.2 Å². The second-order valence-electron chi connectivity index (χ2n) is 5.17. The molecule has 0 unspecified atom stereocenters. The number of thiazole rings is 1. The highest BCUT2D eigenvalue weighted by molar-refractivity contribution is 7.14. The molecule has 2 N–H and O–H groups in total. The SMILES string of the molecule is COC(=O)c1ncsc1NC(=O)N1CC[C@@H]2C[C@]2(O)C1. The van der Waals surface area contributed by atoms with Gasteiger partial charge in [0.15, 0.2) is 5.69 Å². The van der Waals surface area contributed by atoms with E-state index in [4.69, 9.17) is 0 Å². The summed E-state index contributed by atoms with van der Waals surface area (Å²) < 4.78 is 4.60. The number of rotatable bonds is 2. The molecule has 0 spiro atoms. The van der Waals surface area contributed by atoms with E-state index in [9.17, 15) is 14.7 Å². The number of fused-ring (bicyclic) bond motifs is 1. The van der Waals surface area contributed by atoms with Crippen LogP contribution in [-0.2, 0) is 4.74 Å². The molecule has 7 nitrogen and oxygen atoms in total. The number of ether oxygens (including phenoxy) is 1. The van der Waals surface area contributed by atoms with Crippen molar-refractivity contribution < 1.29 is 19.4 Å². The van der Waals surface area contributed by atoms with Crippen molar-refractivity contribution in [3.63, 3.8) is 0 Å². The topological polar surface area (TPSA) is 91.8 Å². The molecule has 1 saturated heterocycles. The number of urea groups is 1. The molecule has 1 saturated carbocycles. The molecule has 0 radical (unpaired) electrons. The highest BCUT2D eigenvalue weighted by Crippen LogP contribution is 2.49. The van der Waals surface area contributed by atoms with E-state index in [0.29, 0.717) is 24.0 Å². The largest absolute Gasteiger partial charge is 0.464 e. The minimum absolute atomic E-state index is 0.103. The molecule has 1 aliphatic carbocycles. The van der Waals surface area contributed by atoms with Gasteiger partial charge in [-0.2, -0.15) is 0 Å². The Morgan fingerprint density at radius 3 is 3.15 bits per heavy atom. The van der Waals surface area contributed by atoms with Gasteiger partial charge in [0.05, 0.1) is 24.8 Å². The fourth-order valence-corrected chi connectivity index (χ4v) is 3.24. The third-order valence-electron chi connectivity index (χ3n) is 3.87. The van der Waals surface area contributed by atoms with E-state index in [-0.39, 0.29) is 11.7 Å². The normalized spacial score (nSPS) is 27.7. The molecule has 8 heteroatoms. The molecule has 1 aromatic heterocycles. The molecule has 2 heterocycles. The van der Waals surface area contributed by atoms with Crippen LogP contribution in [0.2, 0.25) is 0 Å². The number of amides is 2. The quantitative estimate of drug-likeness (QED) is 0.792. The van der Waals surface area contributed by atoms with Gasteiger partial charge in [0.25, 0.3) is 0 Å². The number of carbonyl (C=O) groups is 2. The van der Waals surface area contributed by atoms with Gasteiger partial charge < -0.3 is 14.7 Å². The zero-order valence-corrected chi connectivity index (χ0v) is 11.8. The number of aromatic nitrogens is 1. The summed E-state index contributed by atoms with van der Waals surface area (Å²) in [5.41, 5.74) is 0.877. The first-order valence-corrected chi connectivity index (χ1v) is 7.21. The Morgan fingerprint density at radius 1 is 1.65 bits per heavy atom. The van der Waals surface area contributed by atoms with Gasteiger partial charge in [-0.15, -0.1) is 11.3 Å². The average Bonchev–Trinajstić information content (AvgIpc) is 2.90. The van der Waals surface area contributed by atoms with Crippen molar-refractivity contribution >= 4 is 28.3 Å². The standard InChI is InChI=1S/C12H15N3O4S/c1-19-10(16)8-9(20-6-13-8)14-11(17)15-3-2-7-4-12(7,18)5-15/h6-7,18H,2-5H2,1H3,(H,14,17)/t7-,12+/m1/s1. The number of nitrogens with one attached hydrogen (secondary N) is 1. The van der Waals surface area contributed by atoms with Gasteiger partial charge in [-0.05, 0) is 18.8 Å². The number of anilines is 1. The summed E-state index contributed by atoms with van der Waals surface area (Å²) in [6, 6.07) is -0.321. The molecular formula is C12H15N3O4S. The lowest BCUT2D eigenvalue weighted by atomic mass is 10.1. The summed E-state index contributed by atoms with van der Waals surface area (Å²) in [6.45, 7) is 0.959. The Kier molecular flexibility index (Phi) is 3.14. The lowest BCUT2D eigenvalue weighted by molar-refractivity contribution is 0.0595. The molecule has 2 amide bonds. The van der Waals surface area contributed by atoms with Crippen molar-refractivity contribution in [3.8, 4) is 0 Å². The smallest absolute Gasteiger partial charge is 0.359 e. The molecule has 0 aromatic carbocycles. The van der Waals surface area contributed by atoms with E-state index in [1.165, 1.54) is 12.6 Å². The summed E-state index contributed by atoms with van der Waals surface area (Å²) >= 11 is 1.16. The first kappa shape index (κ1) is 13.3. The Bertz CT molecular complexity index is 561. The van der Waals surface area contributed by atoms with Crippen LogP contribution in [0.3, 0.4) is 0 Å². The van der Waals surface area contributed by atoms with Crippen molar-refractivity contribution in [1.82, 2.24) is 9.88 Å². The zero-order valence-electron chi connectivity index (χ0n) is 11.0. The van der Waals surface area contributed by atoms with Crippen molar-refractivity contribution in [2.45, 2.75) is 18.4 Å². The first-order valence-electron chi connectivity index (χ1n) is 6.33. The highest BCUT2D eigenvalue weighted by Gasteiger charge is 2.56. The van der Waals surface area contributed by atoms with Crippen LogP contribution in [0.4, 0.5) is 9.80 Å². The monoisotopic (exact) mass is 297 g/mol. The summed E-state index contributed by atoms with van der Waals surface area (Å²) in [5.74, 6) is -0.248. The Labute approximate surface area is 119 Å². The number of likely N-dealkylation sites (tertiary alicyclic amines) is 1. The zero-order chi connectivity index (χ0) is 14.3. The van der Waals surface area contributed by atoms with Crippen LogP contribution < -0.4 is 5.32 Å². The molecule has 0 bridgehead atoms. The third kappa shape index (κ3) is 2.25. The van der Waals surface area contributed by atoms with Gasteiger partial charge in [0.2, 0.25) is 0 Å². The maximum absolute atomic E-state index is 12.2. The highest BCUT2D eigenvalue weighted by atomic mass is 32.1. The summed E-state index contributed by atoms with van der Waals surface area (Å²) in [5, 5.41) is 13.1. The van der Waals surface area contributed by atoms with Gasteiger partial charge in [-0.3, -0.25) is 5.32 Å². The van der Waals surface area contributed by atoms with Crippen molar-refractivity contribution in [1.29, 1.82) is 0 Å². The molecule has 2 aliphatic rings. The van der Waals surface area contributed by atoms with Crippen LogP contribution in [0.1, 0.15) is 23.3 Å². The Balaban J connectivity index is 1.67. The summed E-state index contributed by atoms with van der Waals surface area (Å²) in [6.07, 6.45) is 1.58. The van der Waals surface area contributed by atoms with E-state index in [0.717, 1.165) is 24.2 Å². The number of aliphatic hydroxyl groups is 1. The van der Waals surface area contributed by atoms with E-state index in [2.05, 4.69) is 15.0 Å². The summed E-state index contributed by atoms with van der Waals surface area (Å²) in [4.78, 5) is 29.1. The number of piperidine rings is 1. The van der Waals surface area contributed by atoms with Gasteiger partial charge in [0, 0.05) is 6.54 Å². The van der Waals surface area contributed by atoms with Crippen LogP contribution in [0.25, 0.3) is 0 Å². The third-order valence-corrected chi connectivity index (χ3v) is 4.61. The first-order chi connectivity index (χ1) is 9.53. The Morgan fingerprint density at radius 2 is 2.45 bits per heavy atom. The van der Waals surface area contributed by atoms with Crippen LogP contribution in [0.15, 0.2) is 5.51 Å². The maximum Gasteiger partial charge on any atom is 0.359 e. The molecule has 1 aliphatic heterocycles. The van der Waals surface area contributed by atoms with Crippen LogP contribution in [0, 0.1) is 5.92 Å². The number of hydrogen-bond acceptors (Lipinski definition) is 6. The van der Waals surface area contributed by atoms with Gasteiger partial charge in [-0.25, -0.2) is 14.6 Å². The molecule has 20 heavy (non-hydrogen) atoms. The van der Waals surface area contributed by atoms with Crippen LogP contribution in [-0.4, -0.2) is 52.8 Å². The number of esters is 1. The van der Waals surface area contributed by atoms with E-state index >= 15 is 0 Å². The van der Waals surface area contributed by atoms with Gasteiger partial charge >= 0.3 is 12.0 Å². The molecule has 2 fully saturated rings. The fourth-order valence-electron chi connectivity index (χ4n) is 2.58. The number of methoxy groups -OCH3 is 1. The molecular weight excluding hydrogens is 282 g/mol. The van der Waals surface area contributed by atoms with E-state index in [1.54, 1.807) is 4.90 Å². The fraction of sp³-hybridized carbons (Fsp3) is 0.583. The Hall–Kier alpha value is -1.67. The van der Waals surface area contributed by atoms with Crippen molar-refractivity contribution in [2.75, 3.05) is 25.5 Å². The summed E-state index contributed by atoms with van der Waals surface area (Å²) in [7, 11) is 1.26. The lowest BCUT2D eigenvalue weighted by Crippen LogP contribution is -2.45. The lowest BCUT2D eigenvalue weighted by Gasteiger charge is -2.29. The van der Waals surface area contributed by atoms with Crippen molar-refractivity contribution in [2.24, 2.45) is 5.92 Å². The second kappa shape index (κ2) is 4.71. The minimum Gasteiger partial charge on any atom is -0.464 e. The van der Waals surface area contributed by atoms with Gasteiger partial charge in [0.1, 0.15) is 5.00 Å². The number of nitrogens with zero attached hydrogens (tertiary/aromatic N) is 2. The number of carbonyl (C=O) groups excluding carboxylic acids is 2. The van der Waals surface area contributed by atoms with Crippen LogP contribution in [0.5, 0.6) is 0 Å². The molecule has 2 atom stereocenters. The van der Waals surface area contributed by atoms with E-state index < -0.39 is 11.6 Å². The van der Waals surface area contributed by atoms with Gasteiger partial charge in [-0.1, -0.05) is 0 Å². The predicted molar refractivity (Wildman–Crippen MR) is 71.7 cm³/mol. The second-order valence-corrected chi connectivity index (χ2v) is 6.02. The molecule has 1 aromatic rings. The van der Waals surface area contributed by atoms with Crippen LogP contribution >= 0.6 is 11.3 Å². The average molecular weight is 297 g/mol. The molecule has 108 valence electrons. The van der Waals surface area contributed by atoms with E-state index in [1.807, 2.05) is 0 Å². The predicted octanol–water partition coefficient (Wildman–Crippen LogP) is 0.918. The number of hydrogen-bond donors (Lipinski definition) is 2. The number of β-amino-alcohol motifs (C(OH)–C–C–N with tert-alkyl or cyclic N) is 1.